The molecule has 0 saturated carbocycles. The lowest BCUT2D eigenvalue weighted by Gasteiger charge is -2.19. The lowest BCUT2D eigenvalue weighted by molar-refractivity contribution is -0.119. The highest BCUT2D eigenvalue weighted by atomic mass is 16.4. The van der Waals surface area contributed by atoms with Crippen LogP contribution in [0.25, 0.3) is 10.8 Å². The Bertz CT molecular complexity index is 675. The number of amidine groups is 1. The second kappa shape index (κ2) is 6.26. The summed E-state index contributed by atoms with van der Waals surface area (Å²) in [6, 6.07) is 13.5. The standard InChI is InChI=1S/C16H19N3O2/c1-10(2)14(15(17)19-21)16(20)18-13-9-5-7-11-6-3-4-8-12(11)13/h3-10,14,21H,1-2H3,(H2,17,19)(H,18,20). The number of carbonyl (C=O) groups is 1. The number of oxime groups is 1. The molecule has 5 nitrogen and oxygen atoms in total. The highest BCUT2D eigenvalue weighted by molar-refractivity contribution is 6.10. The van der Waals surface area contributed by atoms with Gasteiger partial charge in [0.1, 0.15) is 5.92 Å². The SMILES string of the molecule is CC(C)C(C(=O)Nc1cccc2ccccc12)C(N)=NO. The number of rotatable bonds is 4. The molecule has 0 aliphatic carbocycles. The number of carbonyl (C=O) groups excluding carboxylic acids is 1. The molecule has 0 aliphatic heterocycles. The highest BCUT2D eigenvalue weighted by Gasteiger charge is 2.27. The monoisotopic (exact) mass is 285 g/mol. The van der Waals surface area contributed by atoms with Crippen molar-refractivity contribution in [1.82, 2.24) is 0 Å². The zero-order valence-corrected chi connectivity index (χ0v) is 12.1. The van der Waals surface area contributed by atoms with Gasteiger partial charge in [0, 0.05) is 11.1 Å². The predicted molar refractivity (Wildman–Crippen MR) is 84.3 cm³/mol. The molecule has 4 N–H and O–H groups in total. The zero-order valence-electron chi connectivity index (χ0n) is 12.1. The molecule has 0 fully saturated rings. The first-order chi connectivity index (χ1) is 10.0. The van der Waals surface area contributed by atoms with Gasteiger partial charge in [0.15, 0.2) is 5.84 Å². The van der Waals surface area contributed by atoms with Gasteiger partial charge in [0.25, 0.3) is 0 Å². The second-order valence-electron chi connectivity index (χ2n) is 5.26. The molecule has 0 saturated heterocycles. The summed E-state index contributed by atoms with van der Waals surface area (Å²) in [6.07, 6.45) is 0. The lowest BCUT2D eigenvalue weighted by atomic mass is 9.93. The van der Waals surface area contributed by atoms with Crippen molar-refractivity contribution >= 4 is 28.2 Å². The molecule has 0 aromatic heterocycles. The number of benzene rings is 2. The summed E-state index contributed by atoms with van der Waals surface area (Å²) in [4.78, 5) is 12.4. The summed E-state index contributed by atoms with van der Waals surface area (Å²) >= 11 is 0. The van der Waals surface area contributed by atoms with Crippen molar-refractivity contribution in [2.24, 2.45) is 22.7 Å². The minimum absolute atomic E-state index is 0.0733. The molecule has 0 radical (unpaired) electrons. The Hall–Kier alpha value is -2.56. The van der Waals surface area contributed by atoms with E-state index in [2.05, 4.69) is 10.5 Å². The Labute approximate surface area is 123 Å². The van der Waals surface area contributed by atoms with Crippen molar-refractivity contribution in [3.05, 3.63) is 42.5 Å². The Kier molecular flexibility index (Phi) is 4.42. The normalized spacial score (nSPS) is 13.4. The number of nitrogens with two attached hydrogens (primary N) is 1. The van der Waals surface area contributed by atoms with Gasteiger partial charge in [-0.1, -0.05) is 55.4 Å². The molecule has 0 aliphatic rings. The van der Waals surface area contributed by atoms with Gasteiger partial charge < -0.3 is 16.3 Å². The maximum absolute atomic E-state index is 12.4. The smallest absolute Gasteiger partial charge is 0.235 e. The van der Waals surface area contributed by atoms with Gasteiger partial charge in [0.2, 0.25) is 5.91 Å². The Morgan fingerprint density at radius 3 is 2.52 bits per heavy atom. The van der Waals surface area contributed by atoms with Gasteiger partial charge in [-0.3, -0.25) is 4.79 Å². The van der Waals surface area contributed by atoms with E-state index in [1.165, 1.54) is 0 Å². The van der Waals surface area contributed by atoms with Crippen LogP contribution in [0.2, 0.25) is 0 Å². The number of hydrogen-bond donors (Lipinski definition) is 3. The molecule has 0 spiro atoms. The van der Waals surface area contributed by atoms with E-state index in [-0.39, 0.29) is 17.7 Å². The number of hydrogen-bond acceptors (Lipinski definition) is 3. The quantitative estimate of drug-likeness (QED) is 0.349. The van der Waals surface area contributed by atoms with Gasteiger partial charge in [-0.25, -0.2) is 0 Å². The van der Waals surface area contributed by atoms with Crippen LogP contribution in [-0.2, 0) is 4.79 Å². The molecule has 2 aromatic carbocycles. The van der Waals surface area contributed by atoms with Crippen LogP contribution in [-0.4, -0.2) is 17.0 Å². The average molecular weight is 285 g/mol. The van der Waals surface area contributed by atoms with Crippen LogP contribution in [0, 0.1) is 11.8 Å². The molecule has 1 unspecified atom stereocenters. The Morgan fingerprint density at radius 1 is 1.19 bits per heavy atom. The summed E-state index contributed by atoms with van der Waals surface area (Å²) in [5, 5.41) is 16.7. The Morgan fingerprint density at radius 2 is 1.86 bits per heavy atom. The first-order valence-corrected chi connectivity index (χ1v) is 6.80. The van der Waals surface area contributed by atoms with E-state index in [4.69, 9.17) is 10.9 Å². The van der Waals surface area contributed by atoms with Crippen LogP contribution in [0.1, 0.15) is 13.8 Å². The highest BCUT2D eigenvalue weighted by Crippen LogP contribution is 2.24. The maximum Gasteiger partial charge on any atom is 0.235 e. The fraction of sp³-hybridized carbons (Fsp3) is 0.250. The molecule has 110 valence electrons. The average Bonchev–Trinajstić information content (AvgIpc) is 2.47. The topological polar surface area (TPSA) is 87.7 Å². The molecule has 0 bridgehead atoms. The van der Waals surface area contributed by atoms with Gasteiger partial charge in [-0.15, -0.1) is 0 Å². The molecule has 1 amide bonds. The largest absolute Gasteiger partial charge is 0.409 e. The van der Waals surface area contributed by atoms with Gasteiger partial charge in [-0.2, -0.15) is 0 Å². The van der Waals surface area contributed by atoms with Gasteiger partial charge in [0.05, 0.1) is 0 Å². The number of nitrogens with zero attached hydrogens (tertiary/aromatic N) is 1. The third-order valence-electron chi connectivity index (χ3n) is 3.43. The second-order valence-corrected chi connectivity index (χ2v) is 5.26. The summed E-state index contributed by atoms with van der Waals surface area (Å²) in [7, 11) is 0. The first kappa shape index (κ1) is 14.8. The van der Waals surface area contributed by atoms with Crippen LogP contribution in [0.15, 0.2) is 47.6 Å². The van der Waals surface area contributed by atoms with E-state index in [9.17, 15) is 4.79 Å². The summed E-state index contributed by atoms with van der Waals surface area (Å²) in [5.41, 5.74) is 6.34. The van der Waals surface area contributed by atoms with E-state index >= 15 is 0 Å². The molecule has 2 rings (SSSR count). The molecule has 0 heterocycles. The minimum atomic E-state index is -0.672. The van der Waals surface area contributed by atoms with E-state index < -0.39 is 5.92 Å². The van der Waals surface area contributed by atoms with Crippen LogP contribution < -0.4 is 11.1 Å². The summed E-state index contributed by atoms with van der Waals surface area (Å²) < 4.78 is 0. The van der Waals surface area contributed by atoms with E-state index in [0.717, 1.165) is 16.5 Å². The van der Waals surface area contributed by atoms with Crippen LogP contribution in [0.5, 0.6) is 0 Å². The third-order valence-corrected chi connectivity index (χ3v) is 3.43. The zero-order chi connectivity index (χ0) is 15.4. The molecule has 5 heteroatoms. The number of amides is 1. The van der Waals surface area contributed by atoms with Crippen molar-refractivity contribution in [3.63, 3.8) is 0 Å². The van der Waals surface area contributed by atoms with Crippen molar-refractivity contribution in [3.8, 4) is 0 Å². The van der Waals surface area contributed by atoms with E-state index in [1.54, 1.807) is 0 Å². The minimum Gasteiger partial charge on any atom is -0.409 e. The van der Waals surface area contributed by atoms with Crippen molar-refractivity contribution in [1.29, 1.82) is 0 Å². The van der Waals surface area contributed by atoms with Crippen molar-refractivity contribution in [2.75, 3.05) is 5.32 Å². The van der Waals surface area contributed by atoms with Crippen LogP contribution in [0.3, 0.4) is 0 Å². The molecular formula is C16H19N3O2. The fourth-order valence-corrected chi connectivity index (χ4v) is 2.39. The van der Waals surface area contributed by atoms with E-state index in [1.807, 2.05) is 56.3 Å². The molecule has 21 heavy (non-hydrogen) atoms. The van der Waals surface area contributed by atoms with Crippen molar-refractivity contribution in [2.45, 2.75) is 13.8 Å². The Balaban J connectivity index is 2.33. The van der Waals surface area contributed by atoms with Crippen molar-refractivity contribution < 1.29 is 10.0 Å². The summed E-state index contributed by atoms with van der Waals surface area (Å²) in [5.74, 6) is -1.11. The number of nitrogens with one attached hydrogen (secondary N) is 1. The lowest BCUT2D eigenvalue weighted by Crippen LogP contribution is -2.38. The third kappa shape index (κ3) is 3.13. The van der Waals surface area contributed by atoms with Gasteiger partial charge >= 0.3 is 0 Å². The van der Waals surface area contributed by atoms with Gasteiger partial charge in [-0.05, 0) is 17.4 Å². The fourth-order valence-electron chi connectivity index (χ4n) is 2.39. The summed E-state index contributed by atoms with van der Waals surface area (Å²) in [6.45, 7) is 3.71. The molecule has 1 atom stereocenters. The van der Waals surface area contributed by atoms with E-state index in [0.29, 0.717) is 0 Å². The number of anilines is 1. The first-order valence-electron chi connectivity index (χ1n) is 6.80. The van der Waals surface area contributed by atoms with Crippen LogP contribution in [0.4, 0.5) is 5.69 Å². The molecule has 2 aromatic rings. The molecular weight excluding hydrogens is 266 g/mol. The predicted octanol–water partition coefficient (Wildman–Crippen LogP) is 2.80. The maximum atomic E-state index is 12.4. The number of fused-ring (bicyclic) bond motifs is 1. The van der Waals surface area contributed by atoms with Crippen LogP contribution >= 0.6 is 0 Å².